The lowest BCUT2D eigenvalue weighted by molar-refractivity contribution is 0.113. The fourth-order valence-corrected chi connectivity index (χ4v) is 2.55. The van der Waals surface area contributed by atoms with Crippen LogP contribution in [0.4, 0.5) is 5.69 Å². The maximum atomic E-state index is 5.44. The molecule has 1 heterocycles. The number of hydrogen-bond donors (Lipinski definition) is 1. The first kappa shape index (κ1) is 13.4. The number of nitrogens with zero attached hydrogens (tertiary/aromatic N) is 1. The number of benzene rings is 1. The third kappa shape index (κ3) is 3.24. The van der Waals surface area contributed by atoms with Crippen LogP contribution >= 0.6 is 0 Å². The highest BCUT2D eigenvalue weighted by molar-refractivity contribution is 5.57. The van der Waals surface area contributed by atoms with Crippen molar-refractivity contribution in [2.45, 2.75) is 19.8 Å². The van der Waals surface area contributed by atoms with E-state index in [1.807, 2.05) is 6.92 Å². The Labute approximate surface area is 110 Å². The lowest BCUT2D eigenvalue weighted by atomic mass is 10.0. The van der Waals surface area contributed by atoms with Gasteiger partial charge < -0.3 is 15.0 Å². The molecule has 18 heavy (non-hydrogen) atoms. The van der Waals surface area contributed by atoms with Gasteiger partial charge in [-0.1, -0.05) is 25.1 Å². The molecular weight excluding hydrogens is 224 g/mol. The van der Waals surface area contributed by atoms with Gasteiger partial charge in [0.2, 0.25) is 0 Å². The van der Waals surface area contributed by atoms with Crippen molar-refractivity contribution in [1.82, 2.24) is 4.90 Å². The minimum absolute atomic E-state index is 0.614. The van der Waals surface area contributed by atoms with Gasteiger partial charge in [-0.3, -0.25) is 0 Å². The van der Waals surface area contributed by atoms with E-state index in [1.165, 1.54) is 11.3 Å². The second-order valence-electron chi connectivity index (χ2n) is 4.76. The first-order chi connectivity index (χ1) is 8.85. The monoisotopic (exact) mass is 248 g/mol. The van der Waals surface area contributed by atoms with Crippen molar-refractivity contribution in [3.05, 3.63) is 29.8 Å². The molecule has 1 aromatic carbocycles. The van der Waals surface area contributed by atoms with Crippen LogP contribution in [-0.2, 0) is 4.74 Å². The van der Waals surface area contributed by atoms with Gasteiger partial charge in [-0.25, -0.2) is 0 Å². The zero-order valence-electron chi connectivity index (χ0n) is 11.5. The molecule has 0 fully saturated rings. The lowest BCUT2D eigenvalue weighted by Gasteiger charge is -2.23. The summed E-state index contributed by atoms with van der Waals surface area (Å²) in [7, 11) is 0. The minimum atomic E-state index is 0.614. The van der Waals surface area contributed by atoms with Crippen LogP contribution in [-0.4, -0.2) is 44.3 Å². The van der Waals surface area contributed by atoms with Crippen molar-refractivity contribution < 1.29 is 4.74 Å². The van der Waals surface area contributed by atoms with Crippen molar-refractivity contribution in [1.29, 1.82) is 0 Å². The molecule has 1 atom stereocenters. The van der Waals surface area contributed by atoms with Gasteiger partial charge in [-0.15, -0.1) is 0 Å². The van der Waals surface area contributed by atoms with Gasteiger partial charge >= 0.3 is 0 Å². The second-order valence-corrected chi connectivity index (χ2v) is 4.76. The van der Waals surface area contributed by atoms with Crippen LogP contribution in [0.2, 0.25) is 0 Å². The molecule has 1 aliphatic rings. The maximum Gasteiger partial charge on any atom is 0.0593 e. The topological polar surface area (TPSA) is 24.5 Å². The second kappa shape index (κ2) is 6.76. The standard InChI is InChI=1S/C15H24N2O/c1-3-17(9-10-18-4-2)12-13-11-16-15-8-6-5-7-14(13)15/h5-8,13,16H,3-4,9-12H2,1-2H3. The summed E-state index contributed by atoms with van der Waals surface area (Å²) in [6, 6.07) is 8.65. The van der Waals surface area contributed by atoms with E-state index in [-0.39, 0.29) is 0 Å². The number of likely N-dealkylation sites (N-methyl/N-ethyl adjacent to an activating group) is 1. The zero-order valence-corrected chi connectivity index (χ0v) is 11.5. The summed E-state index contributed by atoms with van der Waals surface area (Å²) >= 11 is 0. The largest absolute Gasteiger partial charge is 0.384 e. The van der Waals surface area contributed by atoms with Crippen LogP contribution in [0.5, 0.6) is 0 Å². The molecule has 0 aromatic heterocycles. The Kier molecular flexibility index (Phi) is 5.02. The van der Waals surface area contributed by atoms with Gasteiger partial charge in [0.25, 0.3) is 0 Å². The van der Waals surface area contributed by atoms with E-state index in [4.69, 9.17) is 4.74 Å². The van der Waals surface area contributed by atoms with Crippen LogP contribution in [0.1, 0.15) is 25.3 Å². The Balaban J connectivity index is 1.89. The predicted molar refractivity (Wildman–Crippen MR) is 76.3 cm³/mol. The van der Waals surface area contributed by atoms with Gasteiger partial charge in [-0.2, -0.15) is 0 Å². The maximum absolute atomic E-state index is 5.44. The van der Waals surface area contributed by atoms with Gasteiger partial charge in [0.05, 0.1) is 6.61 Å². The van der Waals surface area contributed by atoms with Crippen molar-refractivity contribution in [2.75, 3.05) is 44.7 Å². The van der Waals surface area contributed by atoms with Gasteiger partial charge in [0.1, 0.15) is 0 Å². The Morgan fingerprint density at radius 1 is 1.33 bits per heavy atom. The molecule has 1 aliphatic heterocycles. The number of ether oxygens (including phenoxy) is 1. The van der Waals surface area contributed by atoms with E-state index in [0.29, 0.717) is 5.92 Å². The highest BCUT2D eigenvalue weighted by Gasteiger charge is 2.23. The van der Waals surface area contributed by atoms with E-state index in [0.717, 1.165) is 39.4 Å². The predicted octanol–water partition coefficient (Wildman–Crippen LogP) is 2.55. The Morgan fingerprint density at radius 3 is 2.94 bits per heavy atom. The molecule has 100 valence electrons. The highest BCUT2D eigenvalue weighted by atomic mass is 16.5. The number of hydrogen-bond acceptors (Lipinski definition) is 3. The molecule has 0 saturated carbocycles. The molecule has 0 aliphatic carbocycles. The lowest BCUT2D eigenvalue weighted by Crippen LogP contribution is -2.32. The van der Waals surface area contributed by atoms with Crippen LogP contribution in [0.15, 0.2) is 24.3 Å². The van der Waals surface area contributed by atoms with Crippen LogP contribution in [0, 0.1) is 0 Å². The van der Waals surface area contributed by atoms with E-state index < -0.39 is 0 Å². The third-order valence-electron chi connectivity index (χ3n) is 3.62. The van der Waals surface area contributed by atoms with Crippen LogP contribution in [0.3, 0.4) is 0 Å². The van der Waals surface area contributed by atoms with E-state index in [1.54, 1.807) is 0 Å². The Bertz CT molecular complexity index is 367. The summed E-state index contributed by atoms with van der Waals surface area (Å²) in [6.45, 7) is 10.2. The first-order valence-corrected chi connectivity index (χ1v) is 6.98. The van der Waals surface area contributed by atoms with Crippen molar-refractivity contribution >= 4 is 5.69 Å². The number of anilines is 1. The molecular formula is C15H24N2O. The molecule has 0 bridgehead atoms. The molecule has 1 N–H and O–H groups in total. The molecule has 0 saturated heterocycles. The molecule has 0 radical (unpaired) electrons. The van der Waals surface area contributed by atoms with Gasteiger partial charge in [-0.05, 0) is 25.1 Å². The fourth-order valence-electron chi connectivity index (χ4n) is 2.55. The summed E-state index contributed by atoms with van der Waals surface area (Å²) in [6.07, 6.45) is 0. The van der Waals surface area contributed by atoms with Crippen molar-refractivity contribution in [3.63, 3.8) is 0 Å². The third-order valence-corrected chi connectivity index (χ3v) is 3.62. The first-order valence-electron chi connectivity index (χ1n) is 6.98. The van der Waals surface area contributed by atoms with E-state index >= 15 is 0 Å². The Hall–Kier alpha value is -1.06. The normalized spacial score (nSPS) is 17.8. The SMILES string of the molecule is CCOCCN(CC)CC1CNc2ccccc21. The van der Waals surface area contributed by atoms with Crippen molar-refractivity contribution in [3.8, 4) is 0 Å². The molecule has 3 heteroatoms. The average molecular weight is 248 g/mol. The quantitative estimate of drug-likeness (QED) is 0.751. The number of rotatable bonds is 7. The smallest absolute Gasteiger partial charge is 0.0593 e. The Morgan fingerprint density at radius 2 is 2.17 bits per heavy atom. The van der Waals surface area contributed by atoms with Crippen LogP contribution in [0.25, 0.3) is 0 Å². The zero-order chi connectivity index (χ0) is 12.8. The highest BCUT2D eigenvalue weighted by Crippen LogP contribution is 2.31. The molecule has 3 nitrogen and oxygen atoms in total. The van der Waals surface area contributed by atoms with Crippen molar-refractivity contribution in [2.24, 2.45) is 0 Å². The summed E-state index contributed by atoms with van der Waals surface area (Å²) < 4.78 is 5.44. The summed E-state index contributed by atoms with van der Waals surface area (Å²) in [5.74, 6) is 0.614. The number of nitrogens with one attached hydrogen (secondary N) is 1. The number of fused-ring (bicyclic) bond motifs is 1. The van der Waals surface area contributed by atoms with Gasteiger partial charge in [0.15, 0.2) is 0 Å². The van der Waals surface area contributed by atoms with E-state index in [2.05, 4.69) is 41.4 Å². The van der Waals surface area contributed by atoms with Gasteiger partial charge in [0, 0.05) is 37.8 Å². The van der Waals surface area contributed by atoms with Crippen LogP contribution < -0.4 is 5.32 Å². The molecule has 0 amide bonds. The summed E-state index contributed by atoms with van der Waals surface area (Å²) in [5, 5.41) is 3.49. The minimum Gasteiger partial charge on any atom is -0.384 e. The molecule has 1 aromatic rings. The molecule has 0 spiro atoms. The number of para-hydroxylation sites is 1. The fraction of sp³-hybridized carbons (Fsp3) is 0.600. The van der Waals surface area contributed by atoms with E-state index in [9.17, 15) is 0 Å². The summed E-state index contributed by atoms with van der Waals surface area (Å²) in [4.78, 5) is 2.48. The molecule has 1 unspecified atom stereocenters. The summed E-state index contributed by atoms with van der Waals surface area (Å²) in [5.41, 5.74) is 2.77. The molecule has 2 rings (SSSR count). The average Bonchev–Trinajstić information content (AvgIpc) is 2.81.